The number of rotatable bonds is 2. The fraction of sp³-hybridized carbons (Fsp3) is 0.600. The van der Waals surface area contributed by atoms with Crippen molar-refractivity contribution >= 4 is 22.6 Å². The maximum atomic E-state index is 11.7. The third-order valence-electron chi connectivity index (χ3n) is 3.11. The zero-order chi connectivity index (χ0) is 14.4. The van der Waals surface area contributed by atoms with Gasteiger partial charge in [0.05, 0.1) is 10.2 Å². The van der Waals surface area contributed by atoms with Crippen LogP contribution in [0.3, 0.4) is 0 Å². The predicted octanol–water partition coefficient (Wildman–Crippen LogP) is -1.86. The SMILES string of the molecule is C[C@@]1(O)C(O)C(CO)OC1n1cc(I)c(=O)[nH]c1=O. The Morgan fingerprint density at radius 3 is 2.74 bits per heavy atom. The van der Waals surface area contributed by atoms with Crippen LogP contribution in [0.2, 0.25) is 0 Å². The summed E-state index contributed by atoms with van der Waals surface area (Å²) in [4.78, 5) is 25.1. The minimum atomic E-state index is -1.77. The van der Waals surface area contributed by atoms with Crippen LogP contribution in [0.25, 0.3) is 0 Å². The maximum absolute atomic E-state index is 11.7. The quantitative estimate of drug-likeness (QED) is 0.444. The van der Waals surface area contributed by atoms with Gasteiger partial charge in [-0.15, -0.1) is 0 Å². The van der Waals surface area contributed by atoms with Gasteiger partial charge in [-0.3, -0.25) is 14.3 Å². The molecule has 8 nitrogen and oxygen atoms in total. The number of halogens is 1. The molecule has 0 amide bonds. The zero-order valence-electron chi connectivity index (χ0n) is 9.91. The summed E-state index contributed by atoms with van der Waals surface area (Å²) in [5.41, 5.74) is -3.07. The number of H-pyrrole nitrogens is 1. The molecule has 0 spiro atoms. The molecule has 106 valence electrons. The largest absolute Gasteiger partial charge is 0.394 e. The third kappa shape index (κ3) is 2.36. The molecule has 2 rings (SSSR count). The molecule has 4 atom stereocenters. The zero-order valence-corrected chi connectivity index (χ0v) is 12.1. The van der Waals surface area contributed by atoms with Crippen LogP contribution in [-0.4, -0.2) is 49.3 Å². The monoisotopic (exact) mass is 384 g/mol. The topological polar surface area (TPSA) is 125 Å². The Hall–Kier alpha value is -0.750. The second kappa shape index (κ2) is 4.98. The summed E-state index contributed by atoms with van der Waals surface area (Å²) in [7, 11) is 0. The molecule has 2 heterocycles. The lowest BCUT2D eigenvalue weighted by Gasteiger charge is -2.27. The molecule has 19 heavy (non-hydrogen) atoms. The molecule has 0 aliphatic carbocycles. The van der Waals surface area contributed by atoms with Gasteiger partial charge in [0.1, 0.15) is 17.8 Å². The number of aliphatic hydroxyl groups excluding tert-OH is 2. The molecule has 1 saturated heterocycles. The molecule has 3 unspecified atom stereocenters. The lowest BCUT2D eigenvalue weighted by Crippen LogP contribution is -2.47. The first-order valence-electron chi connectivity index (χ1n) is 5.46. The molecular weight excluding hydrogens is 371 g/mol. The lowest BCUT2D eigenvalue weighted by atomic mass is 9.96. The average Bonchev–Trinajstić information content (AvgIpc) is 2.56. The molecule has 0 aromatic carbocycles. The van der Waals surface area contributed by atoms with Gasteiger partial charge in [-0.2, -0.15) is 0 Å². The maximum Gasteiger partial charge on any atom is 0.330 e. The predicted molar refractivity (Wildman–Crippen MR) is 71.7 cm³/mol. The van der Waals surface area contributed by atoms with Crippen LogP contribution in [0.4, 0.5) is 0 Å². The van der Waals surface area contributed by atoms with E-state index in [0.717, 1.165) is 4.57 Å². The number of aliphatic hydroxyl groups is 3. The molecule has 0 radical (unpaired) electrons. The van der Waals surface area contributed by atoms with E-state index in [2.05, 4.69) is 4.98 Å². The van der Waals surface area contributed by atoms with Gasteiger partial charge in [0, 0.05) is 6.20 Å². The number of hydrogen-bond acceptors (Lipinski definition) is 6. The van der Waals surface area contributed by atoms with Crippen LogP contribution < -0.4 is 11.2 Å². The highest BCUT2D eigenvalue weighted by Gasteiger charge is 2.53. The Balaban J connectivity index is 2.51. The molecule has 0 bridgehead atoms. The van der Waals surface area contributed by atoms with Crippen molar-refractivity contribution in [2.75, 3.05) is 6.61 Å². The second-order valence-corrected chi connectivity index (χ2v) is 5.69. The van der Waals surface area contributed by atoms with Crippen LogP contribution in [0.1, 0.15) is 13.2 Å². The standard InChI is InChI=1S/C10H13IN2O6/c1-10(18)6(15)5(3-14)19-8(10)13-2-4(11)7(16)12-9(13)17/h2,5-6,8,14-15,18H,3H2,1H3,(H,12,16,17)/t5?,6?,8?,10-/m1/s1. The van der Waals surface area contributed by atoms with E-state index in [-0.39, 0.29) is 3.57 Å². The minimum Gasteiger partial charge on any atom is -0.394 e. The van der Waals surface area contributed by atoms with Crippen molar-refractivity contribution in [3.05, 3.63) is 30.6 Å². The van der Waals surface area contributed by atoms with Gasteiger partial charge in [0.15, 0.2) is 6.23 Å². The smallest absolute Gasteiger partial charge is 0.330 e. The highest BCUT2D eigenvalue weighted by Crippen LogP contribution is 2.37. The summed E-state index contributed by atoms with van der Waals surface area (Å²) in [5.74, 6) is 0. The number of nitrogens with zero attached hydrogens (tertiary/aromatic N) is 1. The van der Waals surface area contributed by atoms with E-state index in [0.29, 0.717) is 0 Å². The Bertz CT molecular complexity index is 594. The normalized spacial score (nSPS) is 34.7. The molecular formula is C10H13IN2O6. The van der Waals surface area contributed by atoms with E-state index < -0.39 is 41.9 Å². The van der Waals surface area contributed by atoms with Crippen molar-refractivity contribution in [1.29, 1.82) is 0 Å². The molecule has 1 aliphatic heterocycles. The Kier molecular flexibility index (Phi) is 3.84. The summed E-state index contributed by atoms with van der Waals surface area (Å²) in [6, 6.07) is 0. The first-order chi connectivity index (χ1) is 8.78. The lowest BCUT2D eigenvalue weighted by molar-refractivity contribution is -0.0988. The van der Waals surface area contributed by atoms with Gasteiger partial charge in [0.2, 0.25) is 0 Å². The Labute approximate surface area is 120 Å². The average molecular weight is 384 g/mol. The van der Waals surface area contributed by atoms with Crippen LogP contribution in [0.5, 0.6) is 0 Å². The van der Waals surface area contributed by atoms with Crippen molar-refractivity contribution in [2.45, 2.75) is 31.0 Å². The van der Waals surface area contributed by atoms with E-state index in [1.54, 1.807) is 22.6 Å². The van der Waals surface area contributed by atoms with E-state index >= 15 is 0 Å². The number of nitrogens with one attached hydrogen (secondary N) is 1. The summed E-state index contributed by atoms with van der Waals surface area (Å²) in [5, 5.41) is 29.1. The fourth-order valence-corrected chi connectivity index (χ4v) is 2.46. The van der Waals surface area contributed by atoms with Gasteiger partial charge in [-0.25, -0.2) is 4.79 Å². The first kappa shape index (κ1) is 14.7. The number of hydrogen-bond donors (Lipinski definition) is 4. The summed E-state index contributed by atoms with van der Waals surface area (Å²) in [6.07, 6.45) is -2.32. The highest BCUT2D eigenvalue weighted by atomic mass is 127. The van der Waals surface area contributed by atoms with E-state index in [4.69, 9.17) is 9.84 Å². The fourth-order valence-electron chi connectivity index (χ4n) is 2.03. The van der Waals surface area contributed by atoms with E-state index in [1.165, 1.54) is 13.1 Å². The molecule has 1 aliphatic rings. The Morgan fingerprint density at radius 2 is 2.21 bits per heavy atom. The van der Waals surface area contributed by atoms with Crippen molar-refractivity contribution in [3.63, 3.8) is 0 Å². The summed E-state index contributed by atoms with van der Waals surface area (Å²) in [6.45, 7) is 0.797. The third-order valence-corrected chi connectivity index (χ3v) is 3.88. The van der Waals surface area contributed by atoms with Gasteiger partial charge in [-0.05, 0) is 29.5 Å². The number of ether oxygens (including phenoxy) is 1. The molecule has 9 heteroatoms. The van der Waals surface area contributed by atoms with Gasteiger partial charge < -0.3 is 20.1 Å². The second-order valence-electron chi connectivity index (χ2n) is 4.52. The molecule has 4 N–H and O–H groups in total. The van der Waals surface area contributed by atoms with Gasteiger partial charge in [0.25, 0.3) is 5.56 Å². The van der Waals surface area contributed by atoms with Crippen molar-refractivity contribution in [3.8, 4) is 0 Å². The Morgan fingerprint density at radius 1 is 1.58 bits per heavy atom. The van der Waals surface area contributed by atoms with Crippen LogP contribution in [0.15, 0.2) is 15.8 Å². The molecule has 1 aromatic heterocycles. The van der Waals surface area contributed by atoms with Crippen molar-refractivity contribution in [2.24, 2.45) is 0 Å². The van der Waals surface area contributed by atoms with E-state index in [9.17, 15) is 19.8 Å². The van der Waals surface area contributed by atoms with Gasteiger partial charge >= 0.3 is 5.69 Å². The molecule has 1 aromatic rings. The van der Waals surface area contributed by atoms with E-state index in [1.807, 2.05) is 0 Å². The highest BCUT2D eigenvalue weighted by molar-refractivity contribution is 14.1. The number of aromatic nitrogens is 2. The van der Waals surface area contributed by atoms with Crippen LogP contribution in [-0.2, 0) is 4.74 Å². The molecule has 1 fully saturated rings. The number of aromatic amines is 1. The van der Waals surface area contributed by atoms with Gasteiger partial charge in [-0.1, -0.05) is 0 Å². The van der Waals surface area contributed by atoms with Crippen LogP contribution >= 0.6 is 22.6 Å². The summed E-state index contributed by atoms with van der Waals surface area (Å²) < 4.78 is 6.51. The minimum absolute atomic E-state index is 0.235. The van der Waals surface area contributed by atoms with Crippen LogP contribution in [0, 0.1) is 3.57 Å². The summed E-state index contributed by atoms with van der Waals surface area (Å²) >= 11 is 1.73. The van der Waals surface area contributed by atoms with Crippen molar-refractivity contribution < 1.29 is 20.1 Å². The van der Waals surface area contributed by atoms with Crippen molar-refractivity contribution in [1.82, 2.24) is 9.55 Å². The first-order valence-corrected chi connectivity index (χ1v) is 6.54. The molecule has 0 saturated carbocycles.